The first kappa shape index (κ1) is 4.30. The number of hydrogen-bond donors (Lipinski definition) is 0. The van der Waals surface area contributed by atoms with Gasteiger partial charge in [0.05, 0.1) is 12.7 Å². The van der Waals surface area contributed by atoms with Crippen LogP contribution in [-0.4, -0.2) is 22.7 Å². The van der Waals surface area contributed by atoms with Crippen molar-refractivity contribution in [3.8, 4) is 0 Å². The van der Waals surface area contributed by atoms with Gasteiger partial charge in [-0.2, -0.15) is 0 Å². The first-order chi connectivity index (χ1) is 2.89. The van der Waals surface area contributed by atoms with Gasteiger partial charge in [0.15, 0.2) is 0 Å². The third-order valence-electron chi connectivity index (χ3n) is 0.788. The molecule has 0 N–H and O–H groups in total. The van der Waals surface area contributed by atoms with Crippen LogP contribution in [0.5, 0.6) is 0 Å². The van der Waals surface area contributed by atoms with Crippen LogP contribution in [0.15, 0.2) is 0 Å². The van der Waals surface area contributed by atoms with Crippen molar-refractivity contribution in [1.82, 2.24) is 0 Å². The Balaban J connectivity index is 2.18. The van der Waals surface area contributed by atoms with E-state index in [1.807, 2.05) is 6.92 Å². The molecule has 0 aromatic heterocycles. The number of hydrogen-bond acceptors (Lipinski definition) is 2. The third-order valence-corrected chi connectivity index (χ3v) is 1.90. The van der Waals surface area contributed by atoms with Gasteiger partial charge in [-0.3, -0.25) is 0 Å². The molecule has 0 bridgehead atoms. The summed E-state index contributed by atoms with van der Waals surface area (Å²) < 4.78 is 10.0. The zero-order valence-electron chi connectivity index (χ0n) is 3.81. The highest BCUT2D eigenvalue weighted by Crippen LogP contribution is 1.96. The fraction of sp³-hybridized carbons (Fsp3) is 1.00. The lowest BCUT2D eigenvalue weighted by Gasteiger charge is -1.92. The van der Waals surface area contributed by atoms with Gasteiger partial charge < -0.3 is 8.85 Å². The Morgan fingerprint density at radius 2 is 2.67 bits per heavy atom. The van der Waals surface area contributed by atoms with Gasteiger partial charge in [-0.25, -0.2) is 0 Å². The van der Waals surface area contributed by atoms with E-state index in [0.717, 1.165) is 6.61 Å². The Bertz CT molecular complexity index is 42.1. The number of rotatable bonds is 0. The van der Waals surface area contributed by atoms with Crippen LogP contribution < -0.4 is 0 Å². The van der Waals surface area contributed by atoms with Gasteiger partial charge in [0, 0.05) is 0 Å². The van der Waals surface area contributed by atoms with Crippen LogP contribution >= 0.6 is 0 Å². The molecule has 1 saturated heterocycles. The summed E-state index contributed by atoms with van der Waals surface area (Å²) in [7, 11) is -0.504. The van der Waals surface area contributed by atoms with Gasteiger partial charge >= 0.3 is 10.0 Å². The van der Waals surface area contributed by atoms with Gasteiger partial charge in [0.1, 0.15) is 0 Å². The van der Waals surface area contributed by atoms with Crippen LogP contribution in [0.2, 0.25) is 0 Å². The Kier molecular flexibility index (Phi) is 1.24. The summed E-state index contributed by atoms with van der Waals surface area (Å²) >= 11 is 0. The fourth-order valence-electron chi connectivity index (χ4n) is 0.426. The zero-order chi connectivity index (χ0) is 4.41. The fourth-order valence-corrected chi connectivity index (χ4v) is 1.28. The van der Waals surface area contributed by atoms with E-state index in [4.69, 9.17) is 8.85 Å². The minimum Gasteiger partial charge on any atom is -0.396 e. The van der Waals surface area contributed by atoms with Gasteiger partial charge in [0.2, 0.25) is 0 Å². The van der Waals surface area contributed by atoms with Gasteiger partial charge in [0.25, 0.3) is 0 Å². The van der Waals surface area contributed by atoms with E-state index in [-0.39, 0.29) is 0 Å². The van der Waals surface area contributed by atoms with Crippen LogP contribution in [0, 0.1) is 0 Å². The maximum atomic E-state index is 5.07. The monoisotopic (exact) mass is 104 g/mol. The third kappa shape index (κ3) is 0.799. The second kappa shape index (κ2) is 1.73. The van der Waals surface area contributed by atoms with Crippen LogP contribution in [0.4, 0.5) is 0 Å². The SMILES string of the molecule is CC1CO[SiH2]O1. The molecule has 1 unspecified atom stereocenters. The molecule has 1 heterocycles. The Labute approximate surface area is 39.5 Å². The predicted octanol–water partition coefficient (Wildman–Crippen LogP) is -0.580. The molecule has 1 rings (SSSR count). The summed E-state index contributed by atoms with van der Waals surface area (Å²) in [5.74, 6) is 0. The predicted molar refractivity (Wildman–Crippen MR) is 25.0 cm³/mol. The molecular weight excluding hydrogens is 96.1 g/mol. The molecule has 0 amide bonds. The molecule has 1 aliphatic rings. The second-order valence-electron chi connectivity index (χ2n) is 1.47. The van der Waals surface area contributed by atoms with E-state index in [1.54, 1.807) is 0 Å². The lowest BCUT2D eigenvalue weighted by Crippen LogP contribution is -2.00. The largest absolute Gasteiger partial charge is 0.396 e. The topological polar surface area (TPSA) is 18.5 Å². The van der Waals surface area contributed by atoms with E-state index in [1.165, 1.54) is 0 Å². The van der Waals surface area contributed by atoms with E-state index in [2.05, 4.69) is 0 Å². The molecule has 0 aromatic rings. The van der Waals surface area contributed by atoms with Crippen molar-refractivity contribution in [2.24, 2.45) is 0 Å². The van der Waals surface area contributed by atoms with Crippen molar-refractivity contribution in [3.05, 3.63) is 0 Å². The molecule has 6 heavy (non-hydrogen) atoms. The quantitative estimate of drug-likeness (QED) is 0.383. The Hall–Kier alpha value is 0.137. The second-order valence-corrected chi connectivity index (χ2v) is 2.44. The van der Waals surface area contributed by atoms with Crippen LogP contribution in [-0.2, 0) is 8.85 Å². The average Bonchev–Trinajstić information content (AvgIpc) is 1.86. The van der Waals surface area contributed by atoms with E-state index in [0.29, 0.717) is 6.10 Å². The highest BCUT2D eigenvalue weighted by Gasteiger charge is 2.08. The summed E-state index contributed by atoms with van der Waals surface area (Å²) in [6, 6.07) is 0. The molecular formula is C3H8O2Si. The molecule has 3 heteroatoms. The highest BCUT2D eigenvalue weighted by molar-refractivity contribution is 6.18. The van der Waals surface area contributed by atoms with Crippen LogP contribution in [0.3, 0.4) is 0 Å². The average molecular weight is 104 g/mol. The maximum absolute atomic E-state index is 5.07. The minimum atomic E-state index is -0.504. The van der Waals surface area contributed by atoms with Crippen molar-refractivity contribution in [3.63, 3.8) is 0 Å². The molecule has 2 nitrogen and oxygen atoms in total. The molecule has 0 radical (unpaired) electrons. The summed E-state index contributed by atoms with van der Waals surface area (Å²) in [6.07, 6.45) is 0.386. The molecule has 0 spiro atoms. The van der Waals surface area contributed by atoms with Crippen LogP contribution in [0.1, 0.15) is 6.92 Å². The maximum Gasteiger partial charge on any atom is 0.304 e. The molecule has 36 valence electrons. The van der Waals surface area contributed by atoms with Crippen molar-refractivity contribution in [1.29, 1.82) is 0 Å². The van der Waals surface area contributed by atoms with Crippen molar-refractivity contribution < 1.29 is 8.85 Å². The molecule has 1 aliphatic heterocycles. The standard InChI is InChI=1S/C3H8O2Si/c1-3-2-4-6-5-3/h3H,2,6H2,1H3. The van der Waals surface area contributed by atoms with Crippen molar-refractivity contribution in [2.45, 2.75) is 13.0 Å². The lowest BCUT2D eigenvalue weighted by molar-refractivity contribution is 0.260. The molecule has 0 saturated carbocycles. The van der Waals surface area contributed by atoms with Crippen molar-refractivity contribution in [2.75, 3.05) is 6.61 Å². The highest BCUT2D eigenvalue weighted by atomic mass is 28.3. The van der Waals surface area contributed by atoms with E-state index >= 15 is 0 Å². The lowest BCUT2D eigenvalue weighted by atomic mass is 10.5. The Morgan fingerprint density at radius 1 is 1.83 bits per heavy atom. The molecule has 1 fully saturated rings. The smallest absolute Gasteiger partial charge is 0.304 e. The Morgan fingerprint density at radius 3 is 2.83 bits per heavy atom. The summed E-state index contributed by atoms with van der Waals surface area (Å²) in [4.78, 5) is 0. The molecule has 1 atom stereocenters. The van der Waals surface area contributed by atoms with E-state index in [9.17, 15) is 0 Å². The van der Waals surface area contributed by atoms with Crippen LogP contribution in [0.25, 0.3) is 0 Å². The first-order valence-corrected chi connectivity index (χ1v) is 3.24. The molecule has 0 aliphatic carbocycles. The van der Waals surface area contributed by atoms with Crippen molar-refractivity contribution >= 4 is 10.0 Å². The minimum absolute atomic E-state index is 0.386. The molecule has 0 aromatic carbocycles. The zero-order valence-corrected chi connectivity index (χ0v) is 5.22. The van der Waals surface area contributed by atoms with Gasteiger partial charge in [-0.05, 0) is 6.92 Å². The summed E-state index contributed by atoms with van der Waals surface area (Å²) in [5.41, 5.74) is 0. The summed E-state index contributed by atoms with van der Waals surface area (Å²) in [6.45, 7) is 2.85. The normalized spacial score (nSPS) is 38.5. The first-order valence-electron chi connectivity index (χ1n) is 2.09. The van der Waals surface area contributed by atoms with E-state index < -0.39 is 10.0 Å². The van der Waals surface area contributed by atoms with Gasteiger partial charge in [-0.15, -0.1) is 0 Å². The van der Waals surface area contributed by atoms with Gasteiger partial charge in [-0.1, -0.05) is 0 Å². The summed E-state index contributed by atoms with van der Waals surface area (Å²) in [5, 5.41) is 0.